The molecule has 0 atom stereocenters. The number of aromatic hydroxyl groups is 1. The Morgan fingerprint density at radius 1 is 0.741 bits per heavy atom. The van der Waals surface area contributed by atoms with Crippen molar-refractivity contribution in [2.75, 3.05) is 7.11 Å². The van der Waals surface area contributed by atoms with Crippen LogP contribution in [-0.2, 0) is 12.4 Å². The van der Waals surface area contributed by atoms with Gasteiger partial charge < -0.3 is 9.84 Å². The van der Waals surface area contributed by atoms with Crippen molar-refractivity contribution in [3.63, 3.8) is 0 Å². The second-order valence-corrected chi connectivity index (χ2v) is 8.29. The SMILES string of the molecule is COc1c(Br)cc(Br)cc1C(F)(F)F.Oc1c(Br)cc(Br)cc1C(F)(F)F. The molecule has 2 aromatic rings. The van der Waals surface area contributed by atoms with Crippen molar-refractivity contribution in [3.8, 4) is 11.5 Å². The maximum Gasteiger partial charge on any atom is 0.420 e. The first-order valence-corrected chi connectivity index (χ1v) is 9.71. The molecule has 2 nitrogen and oxygen atoms in total. The lowest BCUT2D eigenvalue weighted by Gasteiger charge is -2.13. The maximum absolute atomic E-state index is 12.5. The summed E-state index contributed by atoms with van der Waals surface area (Å²) in [5.74, 6) is -1.00. The van der Waals surface area contributed by atoms with Crippen LogP contribution in [0, 0.1) is 0 Å². The first-order valence-electron chi connectivity index (χ1n) is 6.54. The lowest BCUT2D eigenvalue weighted by atomic mass is 10.2. The number of rotatable bonds is 1. The average Bonchev–Trinajstić information content (AvgIpc) is 2.49. The van der Waals surface area contributed by atoms with Gasteiger partial charge in [0.2, 0.25) is 0 Å². The van der Waals surface area contributed by atoms with E-state index in [1.807, 2.05) is 0 Å². The number of hydrogen-bond donors (Lipinski definition) is 1. The third-order valence-electron chi connectivity index (χ3n) is 2.85. The number of ether oxygens (including phenoxy) is 1. The summed E-state index contributed by atoms with van der Waals surface area (Å²) in [7, 11) is 1.20. The largest absolute Gasteiger partial charge is 0.506 e. The number of phenolic OH excluding ortho intramolecular Hbond substituents is 1. The Morgan fingerprint density at radius 2 is 1.15 bits per heavy atom. The first kappa shape index (κ1) is 24.6. The Balaban J connectivity index is 0.000000271. The lowest BCUT2D eigenvalue weighted by Crippen LogP contribution is -2.07. The summed E-state index contributed by atoms with van der Waals surface area (Å²) < 4.78 is 79.6. The molecule has 0 saturated carbocycles. The predicted octanol–water partition coefficient (Wildman–Crippen LogP) is 8.18. The summed E-state index contributed by atoms with van der Waals surface area (Å²) in [6.45, 7) is 0. The highest BCUT2D eigenvalue weighted by Gasteiger charge is 2.36. The van der Waals surface area contributed by atoms with E-state index in [2.05, 4.69) is 68.5 Å². The van der Waals surface area contributed by atoms with Crippen LogP contribution in [0.3, 0.4) is 0 Å². The topological polar surface area (TPSA) is 29.5 Å². The van der Waals surface area contributed by atoms with Crippen molar-refractivity contribution in [2.45, 2.75) is 12.4 Å². The summed E-state index contributed by atoms with van der Waals surface area (Å²) in [4.78, 5) is 0. The third kappa shape index (κ3) is 6.82. The van der Waals surface area contributed by atoms with Gasteiger partial charge in [0.15, 0.2) is 0 Å². The molecule has 2 rings (SSSR count). The molecule has 0 radical (unpaired) electrons. The third-order valence-corrected chi connectivity index (χ3v) is 4.96. The lowest BCUT2D eigenvalue weighted by molar-refractivity contribution is -0.139. The Bertz CT molecular complexity index is 821. The van der Waals surface area contributed by atoms with Gasteiger partial charge in [-0.25, -0.2) is 0 Å². The van der Waals surface area contributed by atoms with Gasteiger partial charge in [0.25, 0.3) is 0 Å². The average molecular weight is 654 g/mol. The van der Waals surface area contributed by atoms with Gasteiger partial charge in [-0.3, -0.25) is 0 Å². The van der Waals surface area contributed by atoms with Crippen LogP contribution >= 0.6 is 63.7 Å². The Hall–Kier alpha value is -0.460. The molecule has 0 heterocycles. The van der Waals surface area contributed by atoms with Crippen molar-refractivity contribution >= 4 is 63.7 Å². The van der Waals surface area contributed by atoms with Crippen LogP contribution in [-0.4, -0.2) is 12.2 Å². The molecular weight excluding hydrogens is 646 g/mol. The summed E-state index contributed by atoms with van der Waals surface area (Å²) in [5.41, 5.74) is -1.87. The minimum absolute atomic E-state index is 0.00852. The van der Waals surface area contributed by atoms with Gasteiger partial charge in [-0.1, -0.05) is 31.9 Å². The summed E-state index contributed by atoms with van der Waals surface area (Å²) in [6, 6.07) is 4.63. The fourth-order valence-corrected chi connectivity index (χ4v) is 4.37. The van der Waals surface area contributed by atoms with Crippen molar-refractivity contribution in [1.29, 1.82) is 0 Å². The van der Waals surface area contributed by atoms with Gasteiger partial charge in [-0.15, -0.1) is 0 Å². The van der Waals surface area contributed by atoms with Gasteiger partial charge in [0.1, 0.15) is 11.5 Å². The second kappa shape index (κ2) is 9.36. The molecule has 0 amide bonds. The van der Waals surface area contributed by atoms with Crippen LogP contribution in [0.4, 0.5) is 26.3 Å². The van der Waals surface area contributed by atoms with E-state index < -0.39 is 29.2 Å². The normalized spacial score (nSPS) is 11.7. The highest BCUT2D eigenvalue weighted by Crippen LogP contribution is 2.42. The molecule has 0 saturated heterocycles. The van der Waals surface area contributed by atoms with E-state index in [-0.39, 0.29) is 19.2 Å². The number of methoxy groups -OCH3 is 1. The zero-order valence-electron chi connectivity index (χ0n) is 12.9. The van der Waals surface area contributed by atoms with E-state index in [9.17, 15) is 26.3 Å². The van der Waals surface area contributed by atoms with Crippen LogP contribution in [0.1, 0.15) is 11.1 Å². The van der Waals surface area contributed by atoms with Crippen LogP contribution in [0.15, 0.2) is 42.2 Å². The van der Waals surface area contributed by atoms with E-state index in [1.165, 1.54) is 19.2 Å². The fraction of sp³-hybridized carbons (Fsp3) is 0.200. The van der Waals surface area contributed by atoms with Gasteiger partial charge in [-0.2, -0.15) is 26.3 Å². The van der Waals surface area contributed by atoms with Crippen molar-refractivity contribution < 1.29 is 36.2 Å². The molecule has 0 unspecified atom stereocenters. The Labute approximate surface area is 183 Å². The minimum Gasteiger partial charge on any atom is -0.506 e. The van der Waals surface area contributed by atoms with Crippen molar-refractivity contribution in [1.82, 2.24) is 0 Å². The molecular formula is C15H8Br4F6O2. The Kier molecular flexibility index (Phi) is 8.52. The molecule has 0 bridgehead atoms. The molecule has 0 aliphatic rings. The second-order valence-electron chi connectivity index (χ2n) is 4.75. The number of benzene rings is 2. The zero-order valence-corrected chi connectivity index (χ0v) is 19.3. The van der Waals surface area contributed by atoms with Crippen molar-refractivity contribution in [3.05, 3.63) is 53.3 Å². The van der Waals surface area contributed by atoms with E-state index in [4.69, 9.17) is 5.11 Å². The van der Waals surface area contributed by atoms with E-state index >= 15 is 0 Å². The van der Waals surface area contributed by atoms with Crippen LogP contribution in [0.25, 0.3) is 0 Å². The van der Waals surface area contributed by atoms with Gasteiger partial charge in [0.05, 0.1) is 27.2 Å². The highest BCUT2D eigenvalue weighted by atomic mass is 79.9. The molecule has 150 valence electrons. The molecule has 0 aromatic heterocycles. The predicted molar refractivity (Wildman–Crippen MR) is 102 cm³/mol. The minimum atomic E-state index is -4.55. The Morgan fingerprint density at radius 3 is 1.56 bits per heavy atom. The fourth-order valence-electron chi connectivity index (χ4n) is 1.76. The summed E-state index contributed by atoms with van der Waals surface area (Å²) in [5, 5.41) is 9.07. The number of halogens is 10. The van der Waals surface area contributed by atoms with E-state index in [0.717, 1.165) is 12.1 Å². The molecule has 2 aromatic carbocycles. The molecule has 27 heavy (non-hydrogen) atoms. The molecule has 0 spiro atoms. The zero-order chi connectivity index (χ0) is 21.2. The van der Waals surface area contributed by atoms with Crippen LogP contribution in [0.2, 0.25) is 0 Å². The van der Waals surface area contributed by atoms with Gasteiger partial charge in [-0.05, 0) is 56.1 Å². The monoisotopic (exact) mass is 650 g/mol. The smallest absolute Gasteiger partial charge is 0.420 e. The van der Waals surface area contributed by atoms with E-state index in [0.29, 0.717) is 4.47 Å². The quantitative estimate of drug-likeness (QED) is 0.315. The van der Waals surface area contributed by atoms with Gasteiger partial charge >= 0.3 is 12.4 Å². The molecule has 0 fully saturated rings. The summed E-state index contributed by atoms with van der Waals surface area (Å²) in [6.07, 6.45) is -8.96. The number of hydrogen-bond acceptors (Lipinski definition) is 2. The van der Waals surface area contributed by atoms with E-state index in [1.54, 1.807) is 0 Å². The highest BCUT2D eigenvalue weighted by molar-refractivity contribution is 9.11. The molecule has 1 N–H and O–H groups in total. The summed E-state index contributed by atoms with van der Waals surface area (Å²) >= 11 is 11.7. The number of phenols is 1. The maximum atomic E-state index is 12.5. The molecule has 12 heteroatoms. The van der Waals surface area contributed by atoms with Crippen LogP contribution < -0.4 is 4.74 Å². The first-order chi connectivity index (χ1) is 12.2. The van der Waals surface area contributed by atoms with Crippen molar-refractivity contribution in [2.24, 2.45) is 0 Å². The standard InChI is InChI=1S/C8H5Br2F3O.C7H3Br2F3O/c1-14-7-5(8(11,12)13)2-4(9)3-6(7)10;8-3-1-4(7(10,11)12)6(13)5(9)2-3/h2-3H,1H3;1-2,13H. The molecule has 0 aliphatic heterocycles. The van der Waals surface area contributed by atoms with Crippen LogP contribution in [0.5, 0.6) is 11.5 Å². The number of alkyl halides is 6. The van der Waals surface area contributed by atoms with Gasteiger partial charge in [0, 0.05) is 8.95 Å². The molecule has 0 aliphatic carbocycles.